The zero-order chi connectivity index (χ0) is 22.8. The Morgan fingerprint density at radius 3 is 2.50 bits per heavy atom. The number of carbonyl (C=O) groups is 4. The molecule has 0 spiro atoms. The third kappa shape index (κ3) is 4.30. The number of aliphatic hydroxyl groups excluding tert-OH is 1. The monoisotopic (exact) mass is 464 g/mol. The summed E-state index contributed by atoms with van der Waals surface area (Å²) in [7, 11) is 0. The van der Waals surface area contributed by atoms with E-state index in [1.165, 1.54) is 16.7 Å². The molecule has 1 atom stereocenters. The van der Waals surface area contributed by atoms with Gasteiger partial charge >= 0.3 is 12.0 Å². The molecule has 4 rings (SSSR count). The van der Waals surface area contributed by atoms with E-state index in [1.54, 1.807) is 0 Å². The maximum atomic E-state index is 13.2. The number of hydrogen-bond acceptors (Lipinski definition) is 7. The highest BCUT2D eigenvalue weighted by Gasteiger charge is 2.51. The molecule has 1 saturated carbocycles. The van der Waals surface area contributed by atoms with Crippen LogP contribution in [0.1, 0.15) is 64.2 Å². The van der Waals surface area contributed by atoms with E-state index in [0.717, 1.165) is 73.3 Å². The summed E-state index contributed by atoms with van der Waals surface area (Å²) < 4.78 is 5.04. The van der Waals surface area contributed by atoms with Crippen LogP contribution in [0.5, 0.6) is 0 Å². The molecule has 2 heterocycles. The number of nitrogens with zero attached hydrogens (tertiary/aromatic N) is 2. The van der Waals surface area contributed by atoms with Gasteiger partial charge in [-0.25, -0.2) is 14.5 Å². The van der Waals surface area contributed by atoms with Crippen LogP contribution < -0.4 is 11.1 Å². The number of aliphatic hydroxyl groups is 1. The Bertz CT molecular complexity index is 895. The van der Waals surface area contributed by atoms with Crippen molar-refractivity contribution in [2.24, 2.45) is 5.73 Å². The van der Waals surface area contributed by atoms with Gasteiger partial charge in [0.1, 0.15) is 0 Å². The molecule has 0 aromatic rings. The van der Waals surface area contributed by atoms with Crippen LogP contribution in [0.3, 0.4) is 0 Å². The highest BCUT2D eigenvalue weighted by Crippen LogP contribution is 2.48. The van der Waals surface area contributed by atoms with E-state index in [4.69, 9.17) is 10.5 Å². The Morgan fingerprint density at radius 1 is 1.09 bits per heavy atom. The van der Waals surface area contributed by atoms with E-state index in [1.807, 2.05) is 0 Å². The van der Waals surface area contributed by atoms with Gasteiger partial charge in [-0.1, -0.05) is 37.4 Å². The number of rotatable bonds is 4. The molecule has 174 valence electrons. The van der Waals surface area contributed by atoms with Crippen LogP contribution in [0.25, 0.3) is 0 Å². The molecule has 32 heavy (non-hydrogen) atoms. The molecule has 0 aromatic carbocycles. The maximum Gasteiger partial charge on any atom is 0.349 e. The predicted octanol–water partition coefficient (Wildman–Crippen LogP) is 2.18. The molecule has 4 aliphatic rings. The molecule has 1 unspecified atom stereocenters. The van der Waals surface area contributed by atoms with Gasteiger partial charge in [-0.3, -0.25) is 14.5 Å². The molecule has 2 aliphatic carbocycles. The van der Waals surface area contributed by atoms with E-state index < -0.39 is 47.4 Å². The first-order chi connectivity index (χ1) is 15.4. The molecule has 11 heteroatoms. The van der Waals surface area contributed by atoms with Gasteiger partial charge in [-0.15, -0.1) is 0 Å². The zero-order valence-corrected chi connectivity index (χ0v) is 18.6. The lowest BCUT2D eigenvalue weighted by atomic mass is 9.95. The fraction of sp³-hybridized carbons (Fsp3) is 0.619. The van der Waals surface area contributed by atoms with Crippen molar-refractivity contribution in [3.05, 3.63) is 22.1 Å². The van der Waals surface area contributed by atoms with Crippen molar-refractivity contribution in [3.8, 4) is 0 Å². The molecule has 4 amide bonds. The summed E-state index contributed by atoms with van der Waals surface area (Å²) in [6, 6.07) is -0.942. The normalized spacial score (nSPS) is 24.1. The largest absolute Gasteiger partial charge is 0.494 e. The first-order valence-electron chi connectivity index (χ1n) is 11.1. The van der Waals surface area contributed by atoms with Crippen LogP contribution in [0, 0.1) is 0 Å². The molecular formula is C21H28N4O6S. The molecule has 4 N–H and O–H groups in total. The molecule has 0 saturated heterocycles. The minimum absolute atomic E-state index is 0.0483. The highest BCUT2D eigenvalue weighted by molar-refractivity contribution is 8.03. The lowest BCUT2D eigenvalue weighted by molar-refractivity contribution is -0.148. The smallest absolute Gasteiger partial charge is 0.349 e. The van der Waals surface area contributed by atoms with Crippen LogP contribution in [-0.4, -0.2) is 56.9 Å². The Balaban J connectivity index is 1.50. The third-order valence-corrected chi connectivity index (χ3v) is 7.61. The van der Waals surface area contributed by atoms with E-state index in [2.05, 4.69) is 5.32 Å². The summed E-state index contributed by atoms with van der Waals surface area (Å²) >= 11 is 1.29. The van der Waals surface area contributed by atoms with Crippen molar-refractivity contribution >= 4 is 35.6 Å². The number of urea groups is 1. The van der Waals surface area contributed by atoms with E-state index in [-0.39, 0.29) is 6.04 Å². The summed E-state index contributed by atoms with van der Waals surface area (Å²) in [6.07, 6.45) is 9.22. The third-order valence-electron chi connectivity index (χ3n) is 6.25. The van der Waals surface area contributed by atoms with Crippen molar-refractivity contribution in [2.45, 2.75) is 75.7 Å². The van der Waals surface area contributed by atoms with Crippen molar-refractivity contribution in [1.29, 1.82) is 0 Å². The second kappa shape index (κ2) is 9.43. The van der Waals surface area contributed by atoms with Crippen molar-refractivity contribution in [3.63, 3.8) is 0 Å². The van der Waals surface area contributed by atoms with Gasteiger partial charge in [0.25, 0.3) is 11.8 Å². The van der Waals surface area contributed by atoms with E-state index in [0.29, 0.717) is 6.42 Å². The van der Waals surface area contributed by atoms with Gasteiger partial charge in [-0.05, 0) is 38.5 Å². The lowest BCUT2D eigenvalue weighted by Crippen LogP contribution is -2.56. The van der Waals surface area contributed by atoms with Gasteiger partial charge in [0.05, 0.1) is 0 Å². The highest BCUT2D eigenvalue weighted by atomic mass is 32.2. The molecule has 0 bridgehead atoms. The summed E-state index contributed by atoms with van der Waals surface area (Å²) in [6.45, 7) is -0.581. The summed E-state index contributed by atoms with van der Waals surface area (Å²) in [5, 5.41) is 13.4. The minimum Gasteiger partial charge on any atom is -0.494 e. The van der Waals surface area contributed by atoms with Crippen LogP contribution in [0.4, 0.5) is 4.79 Å². The molecule has 0 radical (unpaired) electrons. The standard InChI is InChI=1S/C21H28N4O6S/c22-20(30)25-18(28)16(19(29)31-11-15(26)23-12-7-3-1-4-8-12)17(27)24-13-9-5-2-6-10-14(13)32-21(24)25/h12,21,28H,1-11H2,(H2,22,30)(H,23,26). The topological polar surface area (TPSA) is 142 Å². The fourth-order valence-corrected chi connectivity index (χ4v) is 6.17. The lowest BCUT2D eigenvalue weighted by Gasteiger charge is -2.38. The molecular weight excluding hydrogens is 436 g/mol. The van der Waals surface area contributed by atoms with Crippen molar-refractivity contribution < 1.29 is 29.0 Å². The van der Waals surface area contributed by atoms with Gasteiger partial charge in [-0.2, -0.15) is 0 Å². The number of hydrogen-bond donors (Lipinski definition) is 3. The number of fused-ring (bicyclic) bond motifs is 2. The zero-order valence-electron chi connectivity index (χ0n) is 17.8. The predicted molar refractivity (Wildman–Crippen MR) is 115 cm³/mol. The number of nitrogens with two attached hydrogens (primary N) is 1. The number of amides is 4. The minimum atomic E-state index is -1.16. The quantitative estimate of drug-likeness (QED) is 0.427. The second-order valence-corrected chi connectivity index (χ2v) is 9.59. The Kier molecular flexibility index (Phi) is 6.63. The number of allylic oxidation sites excluding steroid dienone is 2. The molecule has 10 nitrogen and oxygen atoms in total. The fourth-order valence-electron chi connectivity index (χ4n) is 4.68. The molecule has 1 fully saturated rings. The average Bonchev–Trinajstić information content (AvgIpc) is 2.95. The van der Waals surface area contributed by atoms with Gasteiger partial charge in [0, 0.05) is 16.6 Å². The van der Waals surface area contributed by atoms with Gasteiger partial charge in [0.15, 0.2) is 17.7 Å². The summed E-state index contributed by atoms with van der Waals surface area (Å²) in [4.78, 5) is 53.4. The van der Waals surface area contributed by atoms with Crippen LogP contribution in [-0.2, 0) is 19.1 Å². The van der Waals surface area contributed by atoms with Gasteiger partial charge < -0.3 is 20.9 Å². The number of ether oxygens (including phenoxy) is 1. The average molecular weight is 465 g/mol. The SMILES string of the molecule is NC(=O)N1C(O)=C(C(=O)OCC(=O)NC2CCCCC2)C(=O)N2C3=C(CCCCC3)SC12. The van der Waals surface area contributed by atoms with Crippen molar-refractivity contribution in [2.75, 3.05) is 6.61 Å². The number of carbonyl (C=O) groups excluding carboxylic acids is 4. The van der Waals surface area contributed by atoms with Crippen LogP contribution in [0.15, 0.2) is 22.1 Å². The van der Waals surface area contributed by atoms with E-state index in [9.17, 15) is 24.3 Å². The van der Waals surface area contributed by atoms with Crippen LogP contribution >= 0.6 is 11.8 Å². The van der Waals surface area contributed by atoms with Crippen LogP contribution in [0.2, 0.25) is 0 Å². The Hall–Kier alpha value is -2.69. The number of nitrogens with one attached hydrogen (secondary N) is 1. The number of thioether (sulfide) groups is 1. The second-order valence-electron chi connectivity index (χ2n) is 8.44. The first-order valence-corrected chi connectivity index (χ1v) is 12.0. The Morgan fingerprint density at radius 2 is 1.78 bits per heavy atom. The van der Waals surface area contributed by atoms with E-state index >= 15 is 0 Å². The van der Waals surface area contributed by atoms with Crippen molar-refractivity contribution in [1.82, 2.24) is 15.1 Å². The summed E-state index contributed by atoms with van der Waals surface area (Å²) in [5.74, 6) is -3.22. The number of primary amides is 1. The van der Waals surface area contributed by atoms with Gasteiger partial charge in [0.2, 0.25) is 5.88 Å². The molecule has 0 aromatic heterocycles. The Labute approximate surface area is 190 Å². The number of esters is 1. The summed E-state index contributed by atoms with van der Waals surface area (Å²) in [5.41, 5.74) is 4.67. The first kappa shape index (κ1) is 22.5. The molecule has 2 aliphatic heterocycles. The maximum absolute atomic E-state index is 13.2.